The van der Waals surface area contributed by atoms with Gasteiger partial charge >= 0.3 is 0 Å². The summed E-state index contributed by atoms with van der Waals surface area (Å²) in [6.07, 6.45) is 10.9. The lowest BCUT2D eigenvalue weighted by atomic mass is 9.93. The maximum atomic E-state index is 6.57. The molecule has 2 aliphatic carbocycles. The maximum Gasteiger partial charge on any atom is 0.0859 e. The maximum absolute atomic E-state index is 6.57. The molecular formula is C23H41N3O. The van der Waals surface area contributed by atoms with E-state index in [1.165, 1.54) is 56.3 Å². The normalized spacial score (nSPS) is 27.3. The molecule has 0 amide bonds. The van der Waals surface area contributed by atoms with Gasteiger partial charge in [-0.25, -0.2) is 4.68 Å². The first kappa shape index (κ1) is 20.8. The van der Waals surface area contributed by atoms with Crippen LogP contribution in [0.5, 0.6) is 0 Å². The van der Waals surface area contributed by atoms with Gasteiger partial charge in [-0.05, 0) is 84.0 Å². The highest BCUT2D eigenvalue weighted by Crippen LogP contribution is 2.53. The van der Waals surface area contributed by atoms with Crippen molar-refractivity contribution in [1.29, 1.82) is 0 Å². The summed E-state index contributed by atoms with van der Waals surface area (Å²) < 4.78 is 8.74. The Labute approximate surface area is 166 Å². The van der Waals surface area contributed by atoms with Gasteiger partial charge in [0.05, 0.1) is 29.1 Å². The van der Waals surface area contributed by atoms with Crippen molar-refractivity contribution in [1.82, 2.24) is 15.0 Å². The van der Waals surface area contributed by atoms with Crippen LogP contribution in [0.15, 0.2) is 0 Å². The molecule has 1 saturated carbocycles. The highest BCUT2D eigenvalue weighted by Gasteiger charge is 2.50. The van der Waals surface area contributed by atoms with Crippen LogP contribution in [0.2, 0.25) is 0 Å². The van der Waals surface area contributed by atoms with E-state index in [4.69, 9.17) is 4.74 Å². The summed E-state index contributed by atoms with van der Waals surface area (Å²) in [6, 6.07) is 0. The van der Waals surface area contributed by atoms with E-state index in [-0.39, 0.29) is 11.1 Å². The number of fused-ring (bicyclic) bond motifs is 2. The lowest BCUT2D eigenvalue weighted by Crippen LogP contribution is -2.29. The quantitative estimate of drug-likeness (QED) is 0.599. The topological polar surface area (TPSA) is 39.9 Å². The zero-order chi connectivity index (χ0) is 19.7. The molecule has 0 N–H and O–H groups in total. The van der Waals surface area contributed by atoms with Gasteiger partial charge < -0.3 is 4.74 Å². The first-order chi connectivity index (χ1) is 12.8. The third-order valence-electron chi connectivity index (χ3n) is 6.88. The monoisotopic (exact) mass is 375 g/mol. The van der Waals surface area contributed by atoms with Gasteiger partial charge in [0.15, 0.2) is 0 Å². The molecule has 1 heterocycles. The predicted molar refractivity (Wildman–Crippen MR) is 111 cm³/mol. The molecule has 4 nitrogen and oxygen atoms in total. The average Bonchev–Trinajstić information content (AvgIpc) is 3.06. The largest absolute Gasteiger partial charge is 0.375 e. The van der Waals surface area contributed by atoms with Crippen molar-refractivity contribution < 1.29 is 4.74 Å². The average molecular weight is 376 g/mol. The number of aryl methyl sites for hydroxylation is 1. The molecule has 0 saturated heterocycles. The second-order valence-electron chi connectivity index (χ2n) is 10.2. The van der Waals surface area contributed by atoms with Crippen LogP contribution < -0.4 is 0 Å². The fourth-order valence-electron chi connectivity index (χ4n) is 5.20. The predicted octanol–water partition coefficient (Wildman–Crippen LogP) is 5.54. The summed E-state index contributed by atoms with van der Waals surface area (Å²) in [5.41, 5.74) is 2.73. The standard InChI is InChI=1S/C23H41N3O/c1-7-9-15-23(6,14-8-2)27-16-19-17-10-12-20-21(13-11-18(17)19)26(25-24-20)22(3,4)5/h17-19H,7-16H2,1-6H3/t17-,18+,19-,23?/m0/s1. The van der Waals surface area contributed by atoms with Gasteiger partial charge in [0, 0.05) is 0 Å². The summed E-state index contributed by atoms with van der Waals surface area (Å²) in [4.78, 5) is 0. The van der Waals surface area contributed by atoms with Crippen LogP contribution in [-0.2, 0) is 23.1 Å². The van der Waals surface area contributed by atoms with E-state index in [0.29, 0.717) is 0 Å². The molecule has 0 radical (unpaired) electrons. The minimum atomic E-state index is 0.0203. The SMILES string of the molecule is CCCCC(C)(CCC)OC[C@@H]1[C@@H]2CCc3c(nnn3C(C)(C)C)CC[C@@H]21. The van der Waals surface area contributed by atoms with Crippen molar-refractivity contribution in [3.63, 3.8) is 0 Å². The zero-order valence-corrected chi connectivity index (χ0v) is 18.6. The van der Waals surface area contributed by atoms with E-state index < -0.39 is 0 Å². The summed E-state index contributed by atoms with van der Waals surface area (Å²) in [6.45, 7) is 14.5. The van der Waals surface area contributed by atoms with Crippen LogP contribution >= 0.6 is 0 Å². The highest BCUT2D eigenvalue weighted by atomic mass is 16.5. The molecule has 0 aromatic carbocycles. The lowest BCUT2D eigenvalue weighted by Gasteiger charge is -2.30. The molecule has 1 aromatic heterocycles. The lowest BCUT2D eigenvalue weighted by molar-refractivity contribution is -0.0529. The first-order valence-corrected chi connectivity index (χ1v) is 11.4. The van der Waals surface area contributed by atoms with Crippen LogP contribution in [0.25, 0.3) is 0 Å². The zero-order valence-electron chi connectivity index (χ0n) is 18.6. The van der Waals surface area contributed by atoms with Gasteiger partial charge in [-0.1, -0.05) is 38.3 Å². The Bertz CT molecular complexity index is 618. The molecule has 0 aliphatic heterocycles. The minimum absolute atomic E-state index is 0.0203. The van der Waals surface area contributed by atoms with E-state index in [9.17, 15) is 0 Å². The second-order valence-corrected chi connectivity index (χ2v) is 10.2. The number of ether oxygens (including phenoxy) is 1. The van der Waals surface area contributed by atoms with Gasteiger partial charge in [0.1, 0.15) is 0 Å². The molecule has 1 unspecified atom stereocenters. The molecule has 3 rings (SSSR count). The van der Waals surface area contributed by atoms with Crippen molar-refractivity contribution in [2.24, 2.45) is 17.8 Å². The third-order valence-corrected chi connectivity index (χ3v) is 6.88. The molecule has 4 heteroatoms. The number of rotatable bonds is 8. The Morgan fingerprint density at radius 2 is 1.70 bits per heavy atom. The first-order valence-electron chi connectivity index (χ1n) is 11.4. The molecule has 0 spiro atoms. The Balaban J connectivity index is 1.58. The molecule has 4 atom stereocenters. The van der Waals surface area contributed by atoms with Gasteiger partial charge in [-0.3, -0.25) is 0 Å². The van der Waals surface area contributed by atoms with E-state index in [0.717, 1.165) is 37.2 Å². The van der Waals surface area contributed by atoms with Gasteiger partial charge in [0.2, 0.25) is 0 Å². The Hall–Kier alpha value is -0.900. The van der Waals surface area contributed by atoms with Crippen molar-refractivity contribution in [2.75, 3.05) is 6.61 Å². The van der Waals surface area contributed by atoms with Crippen LogP contribution in [0, 0.1) is 17.8 Å². The number of unbranched alkanes of at least 4 members (excludes halogenated alkanes) is 1. The summed E-state index contributed by atoms with van der Waals surface area (Å²) in [7, 11) is 0. The molecule has 1 aromatic rings. The highest BCUT2D eigenvalue weighted by molar-refractivity contribution is 5.16. The fourth-order valence-corrected chi connectivity index (χ4v) is 5.20. The van der Waals surface area contributed by atoms with E-state index in [1.54, 1.807) is 0 Å². The molecular weight excluding hydrogens is 334 g/mol. The fraction of sp³-hybridized carbons (Fsp3) is 0.913. The van der Waals surface area contributed by atoms with Crippen molar-refractivity contribution in [2.45, 2.75) is 110 Å². The van der Waals surface area contributed by atoms with E-state index in [1.807, 2.05) is 0 Å². The van der Waals surface area contributed by atoms with Crippen LogP contribution in [0.4, 0.5) is 0 Å². The minimum Gasteiger partial charge on any atom is -0.375 e. The summed E-state index contributed by atoms with van der Waals surface area (Å²) in [5.74, 6) is 2.45. The number of hydrogen-bond acceptors (Lipinski definition) is 3. The van der Waals surface area contributed by atoms with E-state index >= 15 is 0 Å². The van der Waals surface area contributed by atoms with Crippen molar-refractivity contribution >= 4 is 0 Å². The summed E-state index contributed by atoms with van der Waals surface area (Å²) in [5, 5.41) is 9.00. The number of nitrogens with zero attached hydrogens (tertiary/aromatic N) is 3. The van der Waals surface area contributed by atoms with Crippen molar-refractivity contribution in [3.8, 4) is 0 Å². The molecule has 1 fully saturated rings. The molecule has 0 bridgehead atoms. The Morgan fingerprint density at radius 3 is 2.33 bits per heavy atom. The van der Waals surface area contributed by atoms with Crippen LogP contribution in [0.1, 0.15) is 97.9 Å². The van der Waals surface area contributed by atoms with Gasteiger partial charge in [0.25, 0.3) is 0 Å². The number of aromatic nitrogens is 3. The second kappa shape index (κ2) is 8.23. The smallest absolute Gasteiger partial charge is 0.0859 e. The van der Waals surface area contributed by atoms with Crippen LogP contribution in [-0.4, -0.2) is 27.2 Å². The summed E-state index contributed by atoms with van der Waals surface area (Å²) >= 11 is 0. The molecule has 27 heavy (non-hydrogen) atoms. The number of hydrogen-bond donors (Lipinski definition) is 0. The third kappa shape index (κ3) is 4.75. The van der Waals surface area contributed by atoms with Crippen LogP contribution in [0.3, 0.4) is 0 Å². The van der Waals surface area contributed by atoms with Gasteiger partial charge in [-0.2, -0.15) is 0 Å². The van der Waals surface area contributed by atoms with Crippen molar-refractivity contribution in [3.05, 3.63) is 11.4 Å². The molecule has 154 valence electrons. The van der Waals surface area contributed by atoms with Gasteiger partial charge in [-0.15, -0.1) is 5.10 Å². The van der Waals surface area contributed by atoms with E-state index in [2.05, 4.69) is 56.5 Å². The molecule has 2 aliphatic rings. The Morgan fingerprint density at radius 1 is 1.00 bits per heavy atom. The Kier molecular flexibility index (Phi) is 6.34.